The molecule has 102 valence electrons. The van der Waals surface area contributed by atoms with Gasteiger partial charge in [-0.25, -0.2) is 0 Å². The van der Waals surface area contributed by atoms with Crippen molar-refractivity contribution in [3.05, 3.63) is 33.1 Å². The molecule has 0 bridgehead atoms. The summed E-state index contributed by atoms with van der Waals surface area (Å²) in [5.41, 5.74) is 2.04. The van der Waals surface area contributed by atoms with Crippen LogP contribution in [0.1, 0.15) is 34.2 Å². The molecule has 2 aliphatic carbocycles. The highest BCUT2D eigenvalue weighted by Crippen LogP contribution is 2.29. The molecule has 1 fully saturated rings. The summed E-state index contributed by atoms with van der Waals surface area (Å²) in [6, 6.07) is 0. The molecule has 2 heterocycles. The summed E-state index contributed by atoms with van der Waals surface area (Å²) in [4.78, 5) is 30.2. The summed E-state index contributed by atoms with van der Waals surface area (Å²) >= 11 is 0. The zero-order valence-electron chi connectivity index (χ0n) is 11.4. The van der Waals surface area contributed by atoms with Crippen molar-refractivity contribution < 1.29 is 14.3 Å². The van der Waals surface area contributed by atoms with Crippen LogP contribution in [0.4, 0.5) is 0 Å². The van der Waals surface area contributed by atoms with Gasteiger partial charge in [-0.2, -0.15) is 0 Å². The zero-order chi connectivity index (χ0) is 14.0. The average Bonchev–Trinajstić information content (AvgIpc) is 3.06. The van der Waals surface area contributed by atoms with Crippen molar-refractivity contribution in [3.8, 4) is 0 Å². The molecule has 4 rings (SSSR count). The van der Waals surface area contributed by atoms with Crippen molar-refractivity contribution in [1.82, 2.24) is 9.88 Å². The lowest BCUT2D eigenvalue weighted by atomic mass is 9.92. The third-order valence-corrected chi connectivity index (χ3v) is 4.18. The molecule has 3 aliphatic rings. The van der Waals surface area contributed by atoms with Gasteiger partial charge in [-0.05, 0) is 6.92 Å². The first-order chi connectivity index (χ1) is 9.63. The molecule has 5 nitrogen and oxygen atoms in total. The molecule has 0 amide bonds. The maximum atomic E-state index is 12.6. The molecular formula is C15H14N2O3. The molecule has 1 aromatic heterocycles. The Balaban J connectivity index is 2.01. The minimum atomic E-state index is -0.0761. The lowest BCUT2D eigenvalue weighted by Crippen LogP contribution is -2.29. The largest absolute Gasteiger partial charge is 0.499 e. The fraction of sp³-hybridized carbons (Fsp3) is 0.333. The Bertz CT molecular complexity index is 822. The van der Waals surface area contributed by atoms with Gasteiger partial charge < -0.3 is 14.6 Å². The minimum absolute atomic E-state index is 0.0485. The van der Waals surface area contributed by atoms with Crippen LogP contribution >= 0.6 is 0 Å². The smallest absolute Gasteiger partial charge is 0.226 e. The molecule has 5 heteroatoms. The number of nitrogens with one attached hydrogen (secondary N) is 1. The summed E-state index contributed by atoms with van der Waals surface area (Å²) < 4.78 is 5.31. The van der Waals surface area contributed by atoms with Crippen molar-refractivity contribution in [2.24, 2.45) is 0 Å². The van der Waals surface area contributed by atoms with Crippen molar-refractivity contribution >= 4 is 23.4 Å². The topological polar surface area (TPSA) is 62.2 Å². The predicted octanol–water partition coefficient (Wildman–Crippen LogP) is -0.0779. The number of hydrogen-bond acceptors (Lipinski definition) is 4. The molecule has 20 heavy (non-hydrogen) atoms. The maximum Gasteiger partial charge on any atom is 0.226 e. The second kappa shape index (κ2) is 3.62. The van der Waals surface area contributed by atoms with E-state index in [1.165, 1.54) is 0 Å². The molecule has 1 aliphatic heterocycles. The average molecular weight is 270 g/mol. The number of fused-ring (bicyclic) bond motifs is 3. The quantitative estimate of drug-likeness (QED) is 0.764. The van der Waals surface area contributed by atoms with Gasteiger partial charge in [0, 0.05) is 30.3 Å². The number of ketones is 2. The van der Waals surface area contributed by atoms with E-state index in [-0.39, 0.29) is 11.6 Å². The van der Waals surface area contributed by atoms with Crippen LogP contribution in [0.25, 0.3) is 11.8 Å². The summed E-state index contributed by atoms with van der Waals surface area (Å²) in [7, 11) is 1.60. The fourth-order valence-corrected chi connectivity index (χ4v) is 3.07. The van der Waals surface area contributed by atoms with E-state index in [1.807, 2.05) is 11.0 Å². The second-order valence-electron chi connectivity index (χ2n) is 5.32. The number of allylic oxidation sites excluding steroid dienone is 2. The van der Waals surface area contributed by atoms with E-state index in [0.717, 1.165) is 29.4 Å². The van der Waals surface area contributed by atoms with E-state index >= 15 is 0 Å². The zero-order valence-corrected chi connectivity index (χ0v) is 11.4. The summed E-state index contributed by atoms with van der Waals surface area (Å²) in [5.74, 6) is 0.654. The normalized spacial score (nSPS) is 20.1. The highest BCUT2D eigenvalue weighted by Gasteiger charge is 2.39. The van der Waals surface area contributed by atoms with Gasteiger partial charge in [0.1, 0.15) is 11.5 Å². The lowest BCUT2D eigenvalue weighted by molar-refractivity contribution is 0.0957. The molecule has 1 N–H and O–H groups in total. The number of hydrogen-bond donors (Lipinski definition) is 1. The summed E-state index contributed by atoms with van der Waals surface area (Å²) in [5, 5.41) is 1.60. The number of Topliss-reactive ketones (excluding diaryl/α,β-unsaturated/α-hetero) is 2. The van der Waals surface area contributed by atoms with E-state index < -0.39 is 0 Å². The van der Waals surface area contributed by atoms with Crippen molar-refractivity contribution in [2.75, 3.05) is 20.2 Å². The monoisotopic (exact) mass is 270 g/mol. The molecule has 0 aromatic carbocycles. The van der Waals surface area contributed by atoms with Crippen LogP contribution in [0, 0.1) is 0 Å². The third kappa shape index (κ3) is 1.27. The number of carbonyl (C=O) groups excluding carboxylic acids is 2. The van der Waals surface area contributed by atoms with E-state index in [0.29, 0.717) is 28.9 Å². The first kappa shape index (κ1) is 11.5. The van der Waals surface area contributed by atoms with E-state index in [9.17, 15) is 9.59 Å². The van der Waals surface area contributed by atoms with Gasteiger partial charge in [0.15, 0.2) is 5.78 Å². The number of rotatable bonds is 2. The van der Waals surface area contributed by atoms with Gasteiger partial charge in [0.05, 0.1) is 23.7 Å². The minimum Gasteiger partial charge on any atom is -0.499 e. The molecule has 0 unspecified atom stereocenters. The molecular weight excluding hydrogens is 256 g/mol. The van der Waals surface area contributed by atoms with Gasteiger partial charge >= 0.3 is 0 Å². The first-order valence-corrected chi connectivity index (χ1v) is 6.68. The van der Waals surface area contributed by atoms with Crippen LogP contribution in [0.5, 0.6) is 0 Å². The number of carbonyl (C=O) groups is 2. The summed E-state index contributed by atoms with van der Waals surface area (Å²) in [6.07, 6.45) is 2.61. The third-order valence-electron chi connectivity index (χ3n) is 4.18. The molecule has 0 atom stereocenters. The SMILES string of the molecule is COC1=c2[nH]c3c(c2=CC1)C(=O)C(C)=C(N1CC1)C3=O. The van der Waals surface area contributed by atoms with Gasteiger partial charge in [-0.15, -0.1) is 0 Å². The Morgan fingerprint density at radius 2 is 2.00 bits per heavy atom. The Morgan fingerprint density at radius 1 is 1.25 bits per heavy atom. The van der Waals surface area contributed by atoms with Gasteiger partial charge in [-0.1, -0.05) is 6.08 Å². The number of aromatic amines is 1. The Labute approximate surface area is 115 Å². The second-order valence-corrected chi connectivity index (χ2v) is 5.32. The Kier molecular flexibility index (Phi) is 2.09. The van der Waals surface area contributed by atoms with Gasteiger partial charge in [0.2, 0.25) is 5.78 Å². The van der Waals surface area contributed by atoms with Crippen LogP contribution < -0.4 is 10.6 Å². The van der Waals surface area contributed by atoms with Crippen molar-refractivity contribution in [1.29, 1.82) is 0 Å². The van der Waals surface area contributed by atoms with E-state index in [2.05, 4.69) is 4.98 Å². The number of ether oxygens (including phenoxy) is 1. The highest BCUT2D eigenvalue weighted by atomic mass is 16.5. The highest BCUT2D eigenvalue weighted by molar-refractivity contribution is 6.26. The van der Waals surface area contributed by atoms with E-state index in [4.69, 9.17) is 4.74 Å². The molecule has 1 aromatic rings. The van der Waals surface area contributed by atoms with Crippen LogP contribution in [-0.4, -0.2) is 41.6 Å². The van der Waals surface area contributed by atoms with Crippen molar-refractivity contribution in [2.45, 2.75) is 13.3 Å². The van der Waals surface area contributed by atoms with Gasteiger partial charge in [-0.3, -0.25) is 9.59 Å². The molecule has 1 saturated heterocycles. The standard InChI is InChI=1S/C15H14N2O3/c1-7-13(17-5-6-17)15(19)12-10(14(7)18)8-3-4-9(20-2)11(8)16-12/h3,16H,4-6H2,1-2H3. The fourth-order valence-electron chi connectivity index (χ4n) is 3.07. The predicted molar refractivity (Wildman–Crippen MR) is 72.5 cm³/mol. The first-order valence-electron chi connectivity index (χ1n) is 6.68. The van der Waals surface area contributed by atoms with Gasteiger partial charge in [0.25, 0.3) is 0 Å². The number of H-pyrrole nitrogens is 1. The van der Waals surface area contributed by atoms with Crippen molar-refractivity contribution in [3.63, 3.8) is 0 Å². The Hall–Kier alpha value is -2.30. The number of methoxy groups -OCH3 is 1. The molecule has 0 radical (unpaired) electrons. The Morgan fingerprint density at radius 3 is 2.65 bits per heavy atom. The van der Waals surface area contributed by atoms with Crippen LogP contribution in [0.2, 0.25) is 0 Å². The maximum absolute atomic E-state index is 12.6. The van der Waals surface area contributed by atoms with Crippen LogP contribution in [-0.2, 0) is 4.74 Å². The molecule has 0 saturated carbocycles. The number of aromatic nitrogens is 1. The van der Waals surface area contributed by atoms with Crippen LogP contribution in [0.3, 0.4) is 0 Å². The van der Waals surface area contributed by atoms with Crippen LogP contribution in [0.15, 0.2) is 11.3 Å². The molecule has 0 spiro atoms. The number of nitrogens with zero attached hydrogens (tertiary/aromatic N) is 1. The summed E-state index contributed by atoms with van der Waals surface area (Å²) in [6.45, 7) is 3.44. The van der Waals surface area contributed by atoms with E-state index in [1.54, 1.807) is 14.0 Å². The lowest BCUT2D eigenvalue weighted by Gasteiger charge is -2.17.